The molecule has 2 aliphatic rings. The highest BCUT2D eigenvalue weighted by atomic mass is 16.3. The molecule has 2 saturated heterocycles. The van der Waals surface area contributed by atoms with E-state index < -0.39 is 0 Å². The van der Waals surface area contributed by atoms with Crippen molar-refractivity contribution in [3.8, 4) is 0 Å². The number of piperidine rings is 1. The summed E-state index contributed by atoms with van der Waals surface area (Å²) in [6.45, 7) is 4.04. The lowest BCUT2D eigenvalue weighted by Gasteiger charge is -2.42. The summed E-state index contributed by atoms with van der Waals surface area (Å²) >= 11 is 0. The largest absolute Gasteiger partial charge is 0.396 e. The molecule has 5 heteroatoms. The maximum Gasteiger partial charge on any atom is 0.245 e. The molecule has 0 aliphatic carbocycles. The smallest absolute Gasteiger partial charge is 0.245 e. The molecule has 0 bridgehead atoms. The highest BCUT2D eigenvalue weighted by Gasteiger charge is 2.38. The number of rotatable bonds is 6. The van der Waals surface area contributed by atoms with Gasteiger partial charge >= 0.3 is 0 Å². The minimum Gasteiger partial charge on any atom is -0.396 e. The molecule has 142 valence electrons. The van der Waals surface area contributed by atoms with Gasteiger partial charge in [-0.1, -0.05) is 30.3 Å². The molecule has 2 heterocycles. The van der Waals surface area contributed by atoms with E-state index >= 15 is 0 Å². The molecule has 1 aromatic carbocycles. The zero-order valence-electron chi connectivity index (χ0n) is 15.7. The summed E-state index contributed by atoms with van der Waals surface area (Å²) in [5, 5.41) is 10.0. The van der Waals surface area contributed by atoms with Gasteiger partial charge in [0.05, 0.1) is 0 Å². The van der Waals surface area contributed by atoms with Crippen LogP contribution in [0, 0.1) is 5.41 Å². The summed E-state index contributed by atoms with van der Waals surface area (Å²) in [4.78, 5) is 28.3. The van der Waals surface area contributed by atoms with Crippen LogP contribution in [0.25, 0.3) is 0 Å². The van der Waals surface area contributed by atoms with Crippen molar-refractivity contribution in [2.75, 3.05) is 26.2 Å². The minimum atomic E-state index is -0.365. The summed E-state index contributed by atoms with van der Waals surface area (Å²) in [7, 11) is 0. The first-order valence-electron chi connectivity index (χ1n) is 9.78. The Hall–Kier alpha value is -1.88. The lowest BCUT2D eigenvalue weighted by molar-refractivity contribution is -0.144. The molecule has 0 unspecified atom stereocenters. The standard InChI is InChI=1S/C21H30N2O3/c1-17(23-13-5-8-19(23)25)20(26)22-14-11-21(16-24,12-15-22)10-9-18-6-3-2-4-7-18/h2-4,6-7,17,24H,5,8-16H2,1H3/t17-/m1/s1. The average Bonchev–Trinajstić information content (AvgIpc) is 3.12. The van der Waals surface area contributed by atoms with E-state index in [2.05, 4.69) is 12.1 Å². The third kappa shape index (κ3) is 4.09. The van der Waals surface area contributed by atoms with Gasteiger partial charge in [-0.25, -0.2) is 0 Å². The summed E-state index contributed by atoms with van der Waals surface area (Å²) in [6, 6.07) is 9.99. The van der Waals surface area contributed by atoms with Crippen LogP contribution in [0.4, 0.5) is 0 Å². The van der Waals surface area contributed by atoms with Crippen LogP contribution >= 0.6 is 0 Å². The first-order chi connectivity index (χ1) is 12.5. The van der Waals surface area contributed by atoms with Crippen LogP contribution in [0.3, 0.4) is 0 Å². The van der Waals surface area contributed by atoms with Gasteiger partial charge < -0.3 is 14.9 Å². The Labute approximate surface area is 156 Å². The second kappa shape index (κ2) is 8.21. The minimum absolute atomic E-state index is 0.0508. The number of amides is 2. The van der Waals surface area contributed by atoms with Gasteiger partial charge in [-0.2, -0.15) is 0 Å². The van der Waals surface area contributed by atoms with Crippen molar-refractivity contribution < 1.29 is 14.7 Å². The van der Waals surface area contributed by atoms with E-state index in [0.717, 1.165) is 32.1 Å². The van der Waals surface area contributed by atoms with Gasteiger partial charge in [0.2, 0.25) is 11.8 Å². The Kier molecular flexibility index (Phi) is 5.97. The van der Waals surface area contributed by atoms with Gasteiger partial charge in [0.25, 0.3) is 0 Å². The van der Waals surface area contributed by atoms with E-state index in [0.29, 0.717) is 26.1 Å². The SMILES string of the molecule is C[C@H](C(=O)N1CCC(CO)(CCc2ccccc2)CC1)N1CCCC1=O. The molecule has 0 saturated carbocycles. The molecular weight excluding hydrogens is 328 g/mol. The average molecular weight is 358 g/mol. The predicted molar refractivity (Wildman–Crippen MR) is 101 cm³/mol. The fraction of sp³-hybridized carbons (Fsp3) is 0.619. The molecule has 5 nitrogen and oxygen atoms in total. The van der Waals surface area contributed by atoms with Crippen LogP contribution in [-0.2, 0) is 16.0 Å². The van der Waals surface area contributed by atoms with Crippen LogP contribution < -0.4 is 0 Å². The van der Waals surface area contributed by atoms with Crippen LogP contribution in [0.15, 0.2) is 30.3 Å². The van der Waals surface area contributed by atoms with Gasteiger partial charge in [0, 0.05) is 32.7 Å². The summed E-state index contributed by atoms with van der Waals surface area (Å²) in [6.07, 6.45) is 4.95. The lowest BCUT2D eigenvalue weighted by Crippen LogP contribution is -2.52. The van der Waals surface area contributed by atoms with Crippen molar-refractivity contribution in [2.24, 2.45) is 5.41 Å². The van der Waals surface area contributed by atoms with Crippen molar-refractivity contribution in [2.45, 2.75) is 51.5 Å². The number of aryl methyl sites for hydroxylation is 1. The number of carbonyl (C=O) groups excluding carboxylic acids is 2. The maximum absolute atomic E-state index is 12.8. The number of likely N-dealkylation sites (tertiary alicyclic amines) is 2. The Morgan fingerprint density at radius 1 is 1.19 bits per heavy atom. The first-order valence-corrected chi connectivity index (χ1v) is 9.78. The van der Waals surface area contributed by atoms with E-state index in [9.17, 15) is 14.7 Å². The molecule has 1 N–H and O–H groups in total. The molecule has 2 fully saturated rings. The Morgan fingerprint density at radius 3 is 2.46 bits per heavy atom. The fourth-order valence-electron chi connectivity index (χ4n) is 4.22. The lowest BCUT2D eigenvalue weighted by atomic mass is 9.74. The molecule has 0 spiro atoms. The Morgan fingerprint density at radius 2 is 1.88 bits per heavy atom. The van der Waals surface area contributed by atoms with Crippen LogP contribution in [0.2, 0.25) is 0 Å². The third-order valence-corrected chi connectivity index (χ3v) is 6.19. The number of benzene rings is 1. The molecular formula is C21H30N2O3. The van der Waals surface area contributed by atoms with Gasteiger partial charge in [0.15, 0.2) is 0 Å². The topological polar surface area (TPSA) is 60.9 Å². The van der Waals surface area contributed by atoms with Gasteiger partial charge in [-0.3, -0.25) is 9.59 Å². The summed E-state index contributed by atoms with van der Waals surface area (Å²) in [5.41, 5.74) is 1.19. The van der Waals surface area contributed by atoms with E-state index in [1.165, 1.54) is 5.56 Å². The van der Waals surface area contributed by atoms with Crippen LogP contribution in [0.5, 0.6) is 0 Å². The van der Waals surface area contributed by atoms with Gasteiger partial charge in [-0.15, -0.1) is 0 Å². The molecule has 1 aromatic rings. The van der Waals surface area contributed by atoms with Crippen molar-refractivity contribution in [1.82, 2.24) is 9.80 Å². The second-order valence-corrected chi connectivity index (χ2v) is 7.84. The molecule has 1 atom stereocenters. The quantitative estimate of drug-likeness (QED) is 0.848. The van der Waals surface area contributed by atoms with E-state index in [1.807, 2.05) is 30.0 Å². The highest BCUT2D eigenvalue weighted by Crippen LogP contribution is 2.36. The predicted octanol–water partition coefficient (Wildman–Crippen LogP) is 2.23. The Bertz CT molecular complexity index is 623. The number of aliphatic hydroxyl groups excluding tert-OH is 1. The van der Waals surface area contributed by atoms with Gasteiger partial charge in [-0.05, 0) is 50.0 Å². The monoisotopic (exact) mass is 358 g/mol. The Balaban J connectivity index is 1.54. The van der Waals surface area contributed by atoms with Crippen molar-refractivity contribution in [1.29, 1.82) is 0 Å². The fourth-order valence-corrected chi connectivity index (χ4v) is 4.22. The van der Waals surface area contributed by atoms with Crippen LogP contribution in [0.1, 0.15) is 44.6 Å². The number of hydrogen-bond donors (Lipinski definition) is 1. The van der Waals surface area contributed by atoms with Crippen molar-refractivity contribution >= 4 is 11.8 Å². The number of nitrogens with zero attached hydrogens (tertiary/aromatic N) is 2. The molecule has 0 aromatic heterocycles. The number of carbonyl (C=O) groups is 2. The van der Waals surface area contributed by atoms with Crippen molar-refractivity contribution in [3.05, 3.63) is 35.9 Å². The highest BCUT2D eigenvalue weighted by molar-refractivity contribution is 5.88. The van der Waals surface area contributed by atoms with Gasteiger partial charge in [0.1, 0.15) is 6.04 Å². The maximum atomic E-state index is 12.8. The van der Waals surface area contributed by atoms with Crippen LogP contribution in [-0.4, -0.2) is 59.0 Å². The molecule has 0 radical (unpaired) electrons. The third-order valence-electron chi connectivity index (χ3n) is 6.19. The number of aliphatic hydroxyl groups is 1. The molecule has 2 amide bonds. The molecule has 26 heavy (non-hydrogen) atoms. The molecule has 2 aliphatic heterocycles. The zero-order valence-corrected chi connectivity index (χ0v) is 15.7. The number of hydrogen-bond acceptors (Lipinski definition) is 3. The molecule has 3 rings (SSSR count). The normalized spacial score (nSPS) is 21.1. The zero-order chi connectivity index (χ0) is 18.6. The second-order valence-electron chi connectivity index (χ2n) is 7.84. The van der Waals surface area contributed by atoms with E-state index in [1.54, 1.807) is 4.90 Å². The van der Waals surface area contributed by atoms with E-state index in [-0.39, 0.29) is 29.9 Å². The summed E-state index contributed by atoms with van der Waals surface area (Å²) < 4.78 is 0. The van der Waals surface area contributed by atoms with E-state index in [4.69, 9.17) is 0 Å². The summed E-state index contributed by atoms with van der Waals surface area (Å²) in [5.74, 6) is 0.144. The first kappa shape index (κ1) is 18.9. The van der Waals surface area contributed by atoms with Crippen molar-refractivity contribution in [3.63, 3.8) is 0 Å².